The van der Waals surface area contributed by atoms with E-state index in [1.165, 1.54) is 0 Å². The Morgan fingerprint density at radius 2 is 1.94 bits per heavy atom. The van der Waals surface area contributed by atoms with Crippen molar-refractivity contribution in [3.8, 4) is 5.75 Å². The molecular formula is C14H18N2O2. The quantitative estimate of drug-likeness (QED) is 0.801. The Hall–Kier alpha value is -1.81. The van der Waals surface area contributed by atoms with Crippen LogP contribution in [0.1, 0.15) is 26.3 Å². The molecule has 0 radical (unpaired) electrons. The Labute approximate surface area is 107 Å². The van der Waals surface area contributed by atoms with Crippen LogP contribution in [-0.2, 0) is 4.79 Å². The molecule has 2 rings (SSSR count). The third-order valence-corrected chi connectivity index (χ3v) is 2.91. The molecule has 96 valence electrons. The predicted octanol–water partition coefficient (Wildman–Crippen LogP) is 1.88. The molecule has 0 aliphatic carbocycles. The maximum absolute atomic E-state index is 11.7. The normalized spacial score (nSPS) is 19.9. The third kappa shape index (κ3) is 2.54. The molecule has 4 heteroatoms. The van der Waals surface area contributed by atoms with E-state index in [2.05, 4.69) is 10.9 Å². The van der Waals surface area contributed by atoms with Crippen LogP contribution in [0.5, 0.6) is 5.75 Å². The second-order valence-electron chi connectivity index (χ2n) is 4.76. The van der Waals surface area contributed by atoms with E-state index in [9.17, 15) is 4.79 Å². The molecule has 0 atom stereocenters. The summed E-state index contributed by atoms with van der Waals surface area (Å²) in [6.07, 6.45) is 1.89. The van der Waals surface area contributed by atoms with Gasteiger partial charge >= 0.3 is 0 Å². The van der Waals surface area contributed by atoms with Gasteiger partial charge in [0.1, 0.15) is 5.75 Å². The monoisotopic (exact) mass is 246 g/mol. The summed E-state index contributed by atoms with van der Waals surface area (Å²) in [5, 5.41) is 0. The number of amides is 1. The van der Waals surface area contributed by atoms with Crippen molar-refractivity contribution in [1.82, 2.24) is 10.9 Å². The van der Waals surface area contributed by atoms with Gasteiger partial charge in [0.25, 0.3) is 5.91 Å². The van der Waals surface area contributed by atoms with Gasteiger partial charge in [-0.2, -0.15) is 0 Å². The Bertz CT molecular complexity index is 475. The maximum atomic E-state index is 11.7. The average molecular weight is 246 g/mol. The van der Waals surface area contributed by atoms with Crippen LogP contribution in [0.2, 0.25) is 0 Å². The molecule has 1 aliphatic rings. The summed E-state index contributed by atoms with van der Waals surface area (Å²) in [6, 6.07) is 7.70. The highest BCUT2D eigenvalue weighted by Gasteiger charge is 2.34. The SMILES string of the molecule is CCOc1ccc(/C=C2\C(=O)NNC2(C)C)cc1. The summed E-state index contributed by atoms with van der Waals surface area (Å²) < 4.78 is 5.38. The fraction of sp³-hybridized carbons (Fsp3) is 0.357. The zero-order valence-electron chi connectivity index (χ0n) is 10.9. The van der Waals surface area contributed by atoms with E-state index >= 15 is 0 Å². The minimum absolute atomic E-state index is 0.0751. The van der Waals surface area contributed by atoms with Gasteiger partial charge in [0.2, 0.25) is 0 Å². The molecule has 1 aromatic rings. The van der Waals surface area contributed by atoms with E-state index in [-0.39, 0.29) is 11.4 Å². The molecule has 0 bridgehead atoms. The van der Waals surface area contributed by atoms with Crippen molar-refractivity contribution in [3.63, 3.8) is 0 Å². The van der Waals surface area contributed by atoms with Crippen molar-refractivity contribution in [2.24, 2.45) is 0 Å². The number of benzene rings is 1. The van der Waals surface area contributed by atoms with Crippen molar-refractivity contribution in [1.29, 1.82) is 0 Å². The number of ether oxygens (including phenoxy) is 1. The van der Waals surface area contributed by atoms with Gasteiger partial charge in [-0.25, -0.2) is 5.43 Å². The van der Waals surface area contributed by atoms with Crippen molar-refractivity contribution < 1.29 is 9.53 Å². The van der Waals surface area contributed by atoms with E-state index in [4.69, 9.17) is 4.74 Å². The van der Waals surface area contributed by atoms with Crippen molar-refractivity contribution in [2.75, 3.05) is 6.61 Å². The van der Waals surface area contributed by atoms with Gasteiger partial charge in [-0.1, -0.05) is 12.1 Å². The van der Waals surface area contributed by atoms with Gasteiger partial charge in [0.05, 0.1) is 12.1 Å². The molecule has 1 fully saturated rings. The van der Waals surface area contributed by atoms with Gasteiger partial charge in [-0.3, -0.25) is 10.2 Å². The fourth-order valence-corrected chi connectivity index (χ4v) is 1.87. The molecule has 1 aromatic carbocycles. The first-order chi connectivity index (χ1) is 8.53. The third-order valence-electron chi connectivity index (χ3n) is 2.91. The zero-order chi connectivity index (χ0) is 13.2. The van der Waals surface area contributed by atoms with Crippen LogP contribution in [0, 0.1) is 0 Å². The molecular weight excluding hydrogens is 228 g/mol. The fourth-order valence-electron chi connectivity index (χ4n) is 1.87. The molecule has 2 N–H and O–H groups in total. The van der Waals surface area contributed by atoms with E-state index in [1.807, 2.05) is 51.1 Å². The Kier molecular flexibility index (Phi) is 3.39. The molecule has 4 nitrogen and oxygen atoms in total. The first-order valence-electron chi connectivity index (χ1n) is 6.05. The summed E-state index contributed by atoms with van der Waals surface area (Å²) in [7, 11) is 0. The van der Waals surface area contributed by atoms with E-state index in [1.54, 1.807) is 0 Å². The molecule has 0 saturated carbocycles. The molecule has 1 aliphatic heterocycles. The number of carbonyl (C=O) groups excluding carboxylic acids is 1. The van der Waals surface area contributed by atoms with E-state index < -0.39 is 0 Å². The molecule has 1 saturated heterocycles. The van der Waals surface area contributed by atoms with Crippen molar-refractivity contribution >= 4 is 12.0 Å². The minimum atomic E-state index is -0.352. The molecule has 1 heterocycles. The van der Waals surface area contributed by atoms with Crippen LogP contribution in [0.25, 0.3) is 6.08 Å². The number of nitrogens with one attached hydrogen (secondary N) is 2. The Morgan fingerprint density at radius 1 is 1.28 bits per heavy atom. The lowest BCUT2D eigenvalue weighted by molar-refractivity contribution is -0.116. The summed E-state index contributed by atoms with van der Waals surface area (Å²) >= 11 is 0. The lowest BCUT2D eigenvalue weighted by Crippen LogP contribution is -2.38. The first kappa shape index (κ1) is 12.6. The first-order valence-corrected chi connectivity index (χ1v) is 6.05. The molecule has 0 unspecified atom stereocenters. The summed E-state index contributed by atoms with van der Waals surface area (Å²) in [6.45, 7) is 6.53. The van der Waals surface area contributed by atoms with Gasteiger partial charge in [0.15, 0.2) is 0 Å². The maximum Gasteiger partial charge on any atom is 0.263 e. The second kappa shape index (κ2) is 4.82. The number of hydrogen-bond acceptors (Lipinski definition) is 3. The Morgan fingerprint density at radius 3 is 2.44 bits per heavy atom. The highest BCUT2D eigenvalue weighted by molar-refractivity contribution is 6.01. The second-order valence-corrected chi connectivity index (χ2v) is 4.76. The van der Waals surface area contributed by atoms with E-state index in [0.717, 1.165) is 16.9 Å². The van der Waals surface area contributed by atoms with Gasteiger partial charge in [0, 0.05) is 5.57 Å². The smallest absolute Gasteiger partial charge is 0.263 e. The van der Waals surface area contributed by atoms with Crippen LogP contribution in [0.3, 0.4) is 0 Å². The molecule has 18 heavy (non-hydrogen) atoms. The molecule has 0 aromatic heterocycles. The van der Waals surface area contributed by atoms with Crippen LogP contribution < -0.4 is 15.6 Å². The van der Waals surface area contributed by atoms with Gasteiger partial charge < -0.3 is 4.74 Å². The standard InChI is InChI=1S/C14H18N2O2/c1-4-18-11-7-5-10(6-8-11)9-12-13(17)15-16-14(12,2)3/h5-9,16H,4H2,1-3H3,(H,15,17)/b12-9+. The number of hydrogen-bond donors (Lipinski definition) is 2. The van der Waals surface area contributed by atoms with Crippen LogP contribution in [-0.4, -0.2) is 18.1 Å². The summed E-state index contributed by atoms with van der Waals surface area (Å²) in [5.74, 6) is 0.766. The zero-order valence-corrected chi connectivity index (χ0v) is 10.9. The predicted molar refractivity (Wildman–Crippen MR) is 70.9 cm³/mol. The summed E-state index contributed by atoms with van der Waals surface area (Å²) in [4.78, 5) is 11.7. The van der Waals surface area contributed by atoms with Crippen molar-refractivity contribution in [2.45, 2.75) is 26.3 Å². The highest BCUT2D eigenvalue weighted by atomic mass is 16.5. The Balaban J connectivity index is 2.24. The lowest BCUT2D eigenvalue weighted by atomic mass is 9.94. The largest absolute Gasteiger partial charge is 0.494 e. The lowest BCUT2D eigenvalue weighted by Gasteiger charge is -2.16. The van der Waals surface area contributed by atoms with Gasteiger partial charge in [-0.15, -0.1) is 0 Å². The van der Waals surface area contributed by atoms with Crippen LogP contribution in [0.15, 0.2) is 29.8 Å². The van der Waals surface area contributed by atoms with Gasteiger partial charge in [-0.05, 0) is 44.5 Å². The summed E-state index contributed by atoms with van der Waals surface area (Å²) in [5.41, 5.74) is 6.95. The van der Waals surface area contributed by atoms with Crippen LogP contribution in [0.4, 0.5) is 0 Å². The molecule has 1 amide bonds. The number of rotatable bonds is 3. The minimum Gasteiger partial charge on any atom is -0.494 e. The number of hydrazine groups is 1. The highest BCUT2D eigenvalue weighted by Crippen LogP contribution is 2.23. The topological polar surface area (TPSA) is 50.4 Å². The van der Waals surface area contributed by atoms with Crippen molar-refractivity contribution in [3.05, 3.63) is 35.4 Å². The molecule has 0 spiro atoms. The number of carbonyl (C=O) groups is 1. The average Bonchev–Trinajstić information content (AvgIpc) is 2.59. The van der Waals surface area contributed by atoms with E-state index in [0.29, 0.717) is 6.61 Å². The van der Waals surface area contributed by atoms with Crippen LogP contribution >= 0.6 is 0 Å².